The molecule has 27 heavy (non-hydrogen) atoms. The predicted molar refractivity (Wildman–Crippen MR) is 117 cm³/mol. The molecule has 0 saturated carbocycles. The Morgan fingerprint density at radius 2 is 1.48 bits per heavy atom. The zero-order valence-electron chi connectivity index (χ0n) is 18.8. The number of hydrogen-bond acceptors (Lipinski definition) is 3. The van der Waals surface area contributed by atoms with E-state index in [-0.39, 0.29) is 22.3 Å². The van der Waals surface area contributed by atoms with Crippen molar-refractivity contribution in [2.75, 3.05) is 6.54 Å². The highest BCUT2D eigenvalue weighted by molar-refractivity contribution is 5.56. The molecule has 0 radical (unpaired) electrons. The van der Waals surface area contributed by atoms with Crippen molar-refractivity contribution in [2.45, 2.75) is 105 Å². The van der Waals surface area contributed by atoms with Crippen LogP contribution >= 0.6 is 0 Å². The highest BCUT2D eigenvalue weighted by atomic mass is 16.3. The molecule has 1 aromatic carbocycles. The molecule has 0 heterocycles. The van der Waals surface area contributed by atoms with Crippen LogP contribution in [0.2, 0.25) is 0 Å². The third-order valence-electron chi connectivity index (χ3n) is 5.31. The summed E-state index contributed by atoms with van der Waals surface area (Å²) in [6, 6.07) is 2.06. The van der Waals surface area contributed by atoms with E-state index in [0.717, 1.165) is 36.1 Å². The van der Waals surface area contributed by atoms with E-state index in [0.29, 0.717) is 6.54 Å². The van der Waals surface area contributed by atoms with Gasteiger partial charge >= 0.3 is 0 Å². The van der Waals surface area contributed by atoms with Gasteiger partial charge in [-0.3, -0.25) is 0 Å². The second kappa shape index (κ2) is 10.4. The van der Waals surface area contributed by atoms with E-state index in [1.54, 1.807) is 0 Å². The molecule has 3 nitrogen and oxygen atoms in total. The minimum absolute atomic E-state index is 0.0439. The quantitative estimate of drug-likeness (QED) is 0.302. The first-order valence-electron chi connectivity index (χ1n) is 10.7. The number of hydrogen-bond donors (Lipinski definition) is 3. The molecule has 0 atom stereocenters. The Bertz CT molecular complexity index is 585. The number of nitrogens with one attached hydrogen (secondary N) is 1. The number of phenolic OH excluding ortho intramolecular Hbond substituents is 2. The first-order valence-corrected chi connectivity index (χ1v) is 10.7. The third kappa shape index (κ3) is 7.73. The second-order valence-electron chi connectivity index (χ2n) is 9.98. The molecule has 0 aliphatic heterocycles. The van der Waals surface area contributed by atoms with Gasteiger partial charge in [0.2, 0.25) is 0 Å². The summed E-state index contributed by atoms with van der Waals surface area (Å²) in [5.41, 5.74) is 2.64. The lowest BCUT2D eigenvalue weighted by atomic mass is 9.71. The van der Waals surface area contributed by atoms with Crippen molar-refractivity contribution in [2.24, 2.45) is 5.41 Å². The fourth-order valence-corrected chi connectivity index (χ4v) is 4.23. The van der Waals surface area contributed by atoms with E-state index in [4.69, 9.17) is 0 Å². The molecule has 0 saturated heterocycles. The molecule has 0 unspecified atom stereocenters. The molecule has 1 rings (SSSR count). The Morgan fingerprint density at radius 1 is 0.889 bits per heavy atom. The maximum atomic E-state index is 10.7. The Balaban J connectivity index is 2.73. The summed E-state index contributed by atoms with van der Waals surface area (Å²) in [5.74, 6) is 0.0913. The van der Waals surface area contributed by atoms with Gasteiger partial charge in [-0.1, -0.05) is 79.7 Å². The second-order valence-corrected chi connectivity index (χ2v) is 9.98. The number of aryl methyl sites for hydroxylation is 1. The number of rotatable bonds is 11. The fourth-order valence-electron chi connectivity index (χ4n) is 4.23. The SMILES string of the molecule is CCCCCCCCNCc1c(C)cc(C(C)(C)CC(C)(C)C)c(O)c1O. The predicted octanol–water partition coefficient (Wildman–Crippen LogP) is 6.57. The van der Waals surface area contributed by atoms with E-state index in [2.05, 4.69) is 52.9 Å². The lowest BCUT2D eigenvalue weighted by molar-refractivity contribution is 0.276. The van der Waals surface area contributed by atoms with Gasteiger partial charge in [-0.25, -0.2) is 0 Å². The molecular weight excluding hydrogens is 334 g/mol. The molecule has 0 aliphatic carbocycles. The van der Waals surface area contributed by atoms with E-state index in [9.17, 15) is 10.2 Å². The third-order valence-corrected chi connectivity index (χ3v) is 5.31. The minimum atomic E-state index is -0.199. The van der Waals surface area contributed by atoms with Crippen molar-refractivity contribution < 1.29 is 10.2 Å². The Morgan fingerprint density at radius 3 is 2.07 bits per heavy atom. The van der Waals surface area contributed by atoms with Crippen molar-refractivity contribution in [3.8, 4) is 11.5 Å². The zero-order chi connectivity index (χ0) is 20.7. The van der Waals surface area contributed by atoms with E-state index < -0.39 is 0 Å². The van der Waals surface area contributed by atoms with Crippen LogP contribution in [-0.4, -0.2) is 16.8 Å². The van der Waals surface area contributed by atoms with Crippen LogP contribution in [0.4, 0.5) is 0 Å². The summed E-state index contributed by atoms with van der Waals surface area (Å²) in [5, 5.41) is 24.7. The average Bonchev–Trinajstić information content (AvgIpc) is 2.53. The lowest BCUT2D eigenvalue weighted by Crippen LogP contribution is -2.25. The molecular formula is C24H43NO2. The molecule has 0 amide bonds. The molecule has 0 aliphatic rings. The summed E-state index contributed by atoms with van der Waals surface area (Å²) >= 11 is 0. The van der Waals surface area contributed by atoms with Gasteiger partial charge < -0.3 is 15.5 Å². The molecule has 1 aromatic rings. The van der Waals surface area contributed by atoms with Crippen LogP contribution in [-0.2, 0) is 12.0 Å². The Kier molecular flexibility index (Phi) is 9.14. The standard InChI is InChI=1S/C24H43NO2/c1-8-9-10-11-12-13-14-25-16-19-18(2)15-20(22(27)21(19)26)24(6,7)17-23(3,4)5/h15,25-27H,8-14,16-17H2,1-7H3. The normalized spacial score (nSPS) is 12.6. The van der Waals surface area contributed by atoms with Crippen molar-refractivity contribution in [3.05, 3.63) is 22.8 Å². The van der Waals surface area contributed by atoms with Crippen molar-refractivity contribution in [3.63, 3.8) is 0 Å². The first-order chi connectivity index (χ1) is 12.5. The Labute approximate surface area is 167 Å². The minimum Gasteiger partial charge on any atom is -0.504 e. The van der Waals surface area contributed by atoms with Gasteiger partial charge in [-0.2, -0.15) is 0 Å². The lowest BCUT2D eigenvalue weighted by Gasteiger charge is -2.34. The van der Waals surface area contributed by atoms with Crippen LogP contribution in [0, 0.1) is 12.3 Å². The van der Waals surface area contributed by atoms with Crippen LogP contribution < -0.4 is 5.32 Å². The maximum absolute atomic E-state index is 10.7. The summed E-state index contributed by atoms with van der Waals surface area (Å²) < 4.78 is 0. The fraction of sp³-hybridized carbons (Fsp3) is 0.750. The van der Waals surface area contributed by atoms with Gasteiger partial charge in [0.25, 0.3) is 0 Å². The monoisotopic (exact) mass is 377 g/mol. The van der Waals surface area contributed by atoms with E-state index in [1.807, 2.05) is 6.92 Å². The number of benzene rings is 1. The van der Waals surface area contributed by atoms with Crippen LogP contribution in [0.3, 0.4) is 0 Å². The van der Waals surface area contributed by atoms with Gasteiger partial charge in [-0.05, 0) is 42.7 Å². The molecule has 0 aromatic heterocycles. The molecule has 3 heteroatoms. The largest absolute Gasteiger partial charge is 0.504 e. The van der Waals surface area contributed by atoms with Crippen LogP contribution in [0.15, 0.2) is 6.07 Å². The summed E-state index contributed by atoms with van der Waals surface area (Å²) in [7, 11) is 0. The van der Waals surface area contributed by atoms with Crippen molar-refractivity contribution in [1.82, 2.24) is 5.32 Å². The van der Waals surface area contributed by atoms with Crippen molar-refractivity contribution in [1.29, 1.82) is 0 Å². The molecule has 0 fully saturated rings. The van der Waals surface area contributed by atoms with Crippen LogP contribution in [0.5, 0.6) is 11.5 Å². The smallest absolute Gasteiger partial charge is 0.162 e. The molecule has 0 spiro atoms. The molecule has 3 N–H and O–H groups in total. The van der Waals surface area contributed by atoms with Gasteiger partial charge in [-0.15, -0.1) is 0 Å². The van der Waals surface area contributed by atoms with Crippen LogP contribution in [0.1, 0.15) is 103 Å². The highest BCUT2D eigenvalue weighted by Gasteiger charge is 2.31. The first kappa shape index (κ1) is 23.8. The number of aromatic hydroxyl groups is 2. The van der Waals surface area contributed by atoms with E-state index in [1.165, 1.54) is 32.1 Å². The van der Waals surface area contributed by atoms with Crippen LogP contribution in [0.25, 0.3) is 0 Å². The maximum Gasteiger partial charge on any atom is 0.162 e. The number of phenols is 2. The summed E-state index contributed by atoms with van der Waals surface area (Å²) in [6.07, 6.45) is 8.59. The molecule has 0 bridgehead atoms. The topological polar surface area (TPSA) is 52.5 Å². The molecule has 156 valence electrons. The van der Waals surface area contributed by atoms with Gasteiger partial charge in [0.1, 0.15) is 0 Å². The van der Waals surface area contributed by atoms with Gasteiger partial charge in [0, 0.05) is 17.7 Å². The van der Waals surface area contributed by atoms with Gasteiger partial charge in [0.05, 0.1) is 0 Å². The zero-order valence-corrected chi connectivity index (χ0v) is 18.8. The summed E-state index contributed by atoms with van der Waals surface area (Å²) in [6.45, 7) is 16.7. The highest BCUT2D eigenvalue weighted by Crippen LogP contribution is 2.45. The van der Waals surface area contributed by atoms with Gasteiger partial charge in [0.15, 0.2) is 11.5 Å². The number of unbranched alkanes of at least 4 members (excludes halogenated alkanes) is 5. The van der Waals surface area contributed by atoms with Crippen molar-refractivity contribution >= 4 is 0 Å². The summed E-state index contributed by atoms with van der Waals surface area (Å²) in [4.78, 5) is 0. The Hall–Kier alpha value is -1.22. The average molecular weight is 378 g/mol. The van der Waals surface area contributed by atoms with E-state index >= 15 is 0 Å².